The molecule has 1 N–H and O–H groups in total. The lowest BCUT2D eigenvalue weighted by molar-refractivity contribution is -0.144. The zero-order valence-corrected chi connectivity index (χ0v) is 14.4. The van der Waals surface area contributed by atoms with Gasteiger partial charge in [-0.2, -0.15) is 0 Å². The molecular weight excluding hydrogens is 359 g/mol. The van der Waals surface area contributed by atoms with Gasteiger partial charge in [-0.05, 0) is 42.8 Å². The molecule has 24 heavy (non-hydrogen) atoms. The van der Waals surface area contributed by atoms with Crippen molar-refractivity contribution in [2.24, 2.45) is 0 Å². The Bertz CT molecular complexity index is 895. The maximum atomic E-state index is 14.1. The molecule has 0 aliphatic heterocycles. The fourth-order valence-electron chi connectivity index (χ4n) is 2.04. The normalized spacial score (nSPS) is 12.7. The molecule has 2 aromatic carbocycles. The number of carbonyl (C=O) groups is 1. The van der Waals surface area contributed by atoms with Gasteiger partial charge in [-0.1, -0.05) is 17.7 Å². The van der Waals surface area contributed by atoms with E-state index in [2.05, 4.69) is 0 Å². The zero-order valence-electron chi connectivity index (χ0n) is 12.8. The lowest BCUT2D eigenvalue weighted by Crippen LogP contribution is -2.23. The van der Waals surface area contributed by atoms with Crippen LogP contribution in [0, 0.1) is 5.82 Å². The molecule has 0 saturated carbocycles. The van der Waals surface area contributed by atoms with Gasteiger partial charge in [0, 0.05) is 16.8 Å². The third kappa shape index (κ3) is 4.04. The van der Waals surface area contributed by atoms with E-state index in [0.29, 0.717) is 16.1 Å². The van der Waals surface area contributed by atoms with Crippen LogP contribution in [0.15, 0.2) is 41.3 Å². The highest BCUT2D eigenvalue weighted by Gasteiger charge is 2.18. The first-order valence-corrected chi connectivity index (χ1v) is 9.05. The number of carboxylic acids is 1. The fourth-order valence-corrected chi connectivity index (χ4v) is 2.94. The lowest BCUT2D eigenvalue weighted by atomic mass is 10.0. The van der Waals surface area contributed by atoms with Crippen LogP contribution in [0.25, 0.3) is 11.1 Å². The Morgan fingerprint density at radius 3 is 2.46 bits per heavy atom. The van der Waals surface area contributed by atoms with Crippen molar-refractivity contribution in [3.8, 4) is 16.9 Å². The first-order valence-electron chi connectivity index (χ1n) is 6.78. The maximum absolute atomic E-state index is 14.1. The van der Waals surface area contributed by atoms with Gasteiger partial charge in [0.05, 0.1) is 0 Å². The van der Waals surface area contributed by atoms with E-state index in [9.17, 15) is 17.6 Å². The molecule has 0 aliphatic carbocycles. The minimum Gasteiger partial charge on any atom is -0.479 e. The molecule has 0 fully saturated rings. The van der Waals surface area contributed by atoms with Crippen molar-refractivity contribution in [3.05, 3.63) is 47.2 Å². The van der Waals surface area contributed by atoms with E-state index >= 15 is 0 Å². The summed E-state index contributed by atoms with van der Waals surface area (Å²) >= 11 is 5.95. The van der Waals surface area contributed by atoms with Gasteiger partial charge in [0.25, 0.3) is 0 Å². The molecule has 0 amide bonds. The summed E-state index contributed by atoms with van der Waals surface area (Å²) in [5.74, 6) is -1.87. The Morgan fingerprint density at radius 2 is 1.92 bits per heavy atom. The molecule has 2 aromatic rings. The van der Waals surface area contributed by atoms with Crippen LogP contribution in [0.5, 0.6) is 5.75 Å². The van der Waals surface area contributed by atoms with Gasteiger partial charge in [-0.25, -0.2) is 17.6 Å². The molecule has 0 spiro atoms. The van der Waals surface area contributed by atoms with Crippen molar-refractivity contribution in [3.63, 3.8) is 0 Å². The van der Waals surface area contributed by atoms with Gasteiger partial charge in [0.1, 0.15) is 16.5 Å². The Hall–Kier alpha value is -2.12. The van der Waals surface area contributed by atoms with Gasteiger partial charge in [-0.15, -0.1) is 0 Å². The Labute approximate surface area is 143 Å². The second-order valence-corrected chi connectivity index (χ2v) is 7.58. The predicted octanol–water partition coefficient (Wildman–Crippen LogP) is 3.40. The van der Waals surface area contributed by atoms with Crippen molar-refractivity contribution >= 4 is 27.4 Å². The average Bonchev–Trinajstić information content (AvgIpc) is 2.47. The van der Waals surface area contributed by atoms with Crippen LogP contribution < -0.4 is 4.74 Å². The monoisotopic (exact) mass is 372 g/mol. The molecule has 8 heteroatoms. The van der Waals surface area contributed by atoms with Crippen LogP contribution in [0.1, 0.15) is 6.92 Å². The molecule has 0 radical (unpaired) electrons. The summed E-state index contributed by atoms with van der Waals surface area (Å²) in [6.07, 6.45) is -0.210. The Kier molecular flexibility index (Phi) is 5.15. The van der Waals surface area contributed by atoms with Gasteiger partial charge < -0.3 is 9.84 Å². The summed E-state index contributed by atoms with van der Waals surface area (Å²) < 4.78 is 42.4. The minimum atomic E-state index is -3.69. The quantitative estimate of drug-likeness (QED) is 0.870. The third-order valence-corrected chi connectivity index (χ3v) is 4.60. The SMILES string of the molecule is C[C@H](Oc1ccc(Cl)cc1-c1ccc(S(C)(=O)=O)c(F)c1)C(=O)O. The molecular formula is C16H14ClFO5S. The number of rotatable bonds is 5. The van der Waals surface area contributed by atoms with E-state index in [1.807, 2.05) is 0 Å². The number of benzene rings is 2. The van der Waals surface area contributed by atoms with E-state index in [1.165, 1.54) is 31.2 Å². The largest absolute Gasteiger partial charge is 0.479 e. The summed E-state index contributed by atoms with van der Waals surface area (Å²) in [5, 5.41) is 9.29. The zero-order chi connectivity index (χ0) is 18.1. The van der Waals surface area contributed by atoms with Gasteiger partial charge in [0.2, 0.25) is 0 Å². The Balaban J connectivity index is 2.54. The van der Waals surface area contributed by atoms with Crippen LogP contribution in [0.2, 0.25) is 5.02 Å². The van der Waals surface area contributed by atoms with E-state index in [-0.39, 0.29) is 5.75 Å². The van der Waals surface area contributed by atoms with Crippen LogP contribution >= 0.6 is 11.6 Å². The number of ether oxygens (including phenoxy) is 1. The minimum absolute atomic E-state index is 0.195. The van der Waals surface area contributed by atoms with Crippen molar-refractivity contribution in [1.82, 2.24) is 0 Å². The molecule has 0 bridgehead atoms. The molecule has 5 nitrogen and oxygen atoms in total. The van der Waals surface area contributed by atoms with Gasteiger partial charge >= 0.3 is 5.97 Å². The number of carboxylic acid groups (broad SMARTS) is 1. The second kappa shape index (κ2) is 6.78. The first kappa shape index (κ1) is 18.2. The Morgan fingerprint density at radius 1 is 1.25 bits per heavy atom. The van der Waals surface area contributed by atoms with E-state index in [4.69, 9.17) is 21.4 Å². The van der Waals surface area contributed by atoms with Crippen molar-refractivity contribution in [2.45, 2.75) is 17.9 Å². The van der Waals surface area contributed by atoms with Crippen LogP contribution in [-0.4, -0.2) is 31.9 Å². The van der Waals surface area contributed by atoms with Crippen molar-refractivity contribution < 1.29 is 27.4 Å². The summed E-state index contributed by atoms with van der Waals surface area (Å²) in [7, 11) is -3.69. The topological polar surface area (TPSA) is 80.7 Å². The summed E-state index contributed by atoms with van der Waals surface area (Å²) in [4.78, 5) is 10.5. The molecule has 0 aliphatic rings. The van der Waals surface area contributed by atoms with Crippen LogP contribution in [0.3, 0.4) is 0 Å². The molecule has 0 aromatic heterocycles. The van der Waals surface area contributed by atoms with Crippen LogP contribution in [-0.2, 0) is 14.6 Å². The average molecular weight is 373 g/mol. The molecule has 0 saturated heterocycles. The highest BCUT2D eigenvalue weighted by atomic mass is 35.5. The number of aliphatic carboxylic acids is 1. The molecule has 1 atom stereocenters. The first-order chi connectivity index (χ1) is 11.1. The molecule has 2 rings (SSSR count). The predicted molar refractivity (Wildman–Crippen MR) is 87.7 cm³/mol. The van der Waals surface area contributed by atoms with Crippen LogP contribution in [0.4, 0.5) is 4.39 Å². The highest BCUT2D eigenvalue weighted by molar-refractivity contribution is 7.90. The molecule has 0 heterocycles. The van der Waals surface area contributed by atoms with E-state index in [1.54, 1.807) is 0 Å². The third-order valence-electron chi connectivity index (χ3n) is 3.24. The number of sulfone groups is 1. The molecule has 128 valence electrons. The standard InChI is InChI=1S/C16H14ClFO5S/c1-9(16(19)20)23-14-5-4-11(17)8-12(14)10-3-6-15(13(18)7-10)24(2,21)22/h3-9H,1-2H3,(H,19,20)/t9-/m0/s1. The second-order valence-electron chi connectivity index (χ2n) is 5.16. The lowest BCUT2D eigenvalue weighted by Gasteiger charge is -2.15. The maximum Gasteiger partial charge on any atom is 0.344 e. The number of halogens is 2. The van der Waals surface area contributed by atoms with E-state index in [0.717, 1.165) is 18.4 Å². The van der Waals surface area contributed by atoms with E-state index < -0.39 is 32.6 Å². The molecule has 0 unspecified atom stereocenters. The van der Waals surface area contributed by atoms with Crippen molar-refractivity contribution in [2.75, 3.05) is 6.26 Å². The smallest absolute Gasteiger partial charge is 0.344 e. The summed E-state index contributed by atoms with van der Waals surface area (Å²) in [6, 6.07) is 8.06. The van der Waals surface area contributed by atoms with Gasteiger partial charge in [-0.3, -0.25) is 0 Å². The highest BCUT2D eigenvalue weighted by Crippen LogP contribution is 2.34. The number of hydrogen-bond acceptors (Lipinski definition) is 4. The number of hydrogen-bond donors (Lipinski definition) is 1. The summed E-state index contributed by atoms with van der Waals surface area (Å²) in [6.45, 7) is 1.36. The van der Waals surface area contributed by atoms with Gasteiger partial charge in [0.15, 0.2) is 15.9 Å². The fraction of sp³-hybridized carbons (Fsp3) is 0.188. The summed E-state index contributed by atoms with van der Waals surface area (Å²) in [5.41, 5.74) is 0.671. The van der Waals surface area contributed by atoms with Crippen molar-refractivity contribution in [1.29, 1.82) is 0 Å².